The van der Waals surface area contributed by atoms with Crippen molar-refractivity contribution in [3.8, 4) is 22.3 Å². The van der Waals surface area contributed by atoms with E-state index < -0.39 is 0 Å². The summed E-state index contributed by atoms with van der Waals surface area (Å²) in [7, 11) is 0. The van der Waals surface area contributed by atoms with E-state index in [9.17, 15) is 4.79 Å². The summed E-state index contributed by atoms with van der Waals surface area (Å²) >= 11 is 3.37. The predicted octanol–water partition coefficient (Wildman–Crippen LogP) is 7.95. The lowest BCUT2D eigenvalue weighted by atomic mass is 9.99. The quantitative estimate of drug-likeness (QED) is 0.236. The van der Waals surface area contributed by atoms with Crippen molar-refractivity contribution in [3.63, 3.8) is 0 Å². The van der Waals surface area contributed by atoms with Crippen molar-refractivity contribution >= 4 is 28.6 Å². The molecule has 1 aliphatic carbocycles. The van der Waals surface area contributed by atoms with E-state index in [2.05, 4.69) is 93.2 Å². The van der Waals surface area contributed by atoms with Gasteiger partial charge in [0.1, 0.15) is 0 Å². The standard InChI is InChI=1S/C31H25NOS2/c33-31(30-11-4-3-10-29(30)27-13-15-35-21-27)32(28-17-24-7-1-2-8-25(24)18-28)19-22-6-5-9-23(16-22)26-12-14-34-20-26/h1-16,20-21,28H,17-19H2. The zero-order valence-corrected chi connectivity index (χ0v) is 20.9. The average Bonchev–Trinajstić information content (AvgIpc) is 3.69. The van der Waals surface area contributed by atoms with Crippen LogP contribution in [0, 0.1) is 0 Å². The van der Waals surface area contributed by atoms with E-state index in [1.807, 2.05) is 18.2 Å². The Morgan fingerprint density at radius 2 is 1.43 bits per heavy atom. The Kier molecular flexibility index (Phi) is 6.07. The molecule has 1 aliphatic rings. The Balaban J connectivity index is 1.37. The topological polar surface area (TPSA) is 20.3 Å². The summed E-state index contributed by atoms with van der Waals surface area (Å²) in [4.78, 5) is 16.4. The molecule has 0 N–H and O–H groups in total. The number of rotatable bonds is 6. The van der Waals surface area contributed by atoms with Crippen LogP contribution in [-0.4, -0.2) is 16.8 Å². The first kappa shape index (κ1) is 22.0. The van der Waals surface area contributed by atoms with Crippen LogP contribution in [-0.2, 0) is 19.4 Å². The summed E-state index contributed by atoms with van der Waals surface area (Å²) in [5, 5.41) is 8.46. The van der Waals surface area contributed by atoms with Gasteiger partial charge in [-0.2, -0.15) is 22.7 Å². The van der Waals surface area contributed by atoms with Crippen molar-refractivity contribution in [2.45, 2.75) is 25.4 Å². The molecule has 1 amide bonds. The van der Waals surface area contributed by atoms with E-state index in [1.165, 1.54) is 22.3 Å². The van der Waals surface area contributed by atoms with Crippen molar-refractivity contribution in [1.29, 1.82) is 0 Å². The van der Waals surface area contributed by atoms with Gasteiger partial charge in [-0.15, -0.1) is 0 Å². The van der Waals surface area contributed by atoms with Crippen molar-refractivity contribution in [2.24, 2.45) is 0 Å². The summed E-state index contributed by atoms with van der Waals surface area (Å²) in [5.74, 6) is 0.102. The van der Waals surface area contributed by atoms with Crippen LogP contribution in [0.4, 0.5) is 0 Å². The maximum atomic E-state index is 14.2. The van der Waals surface area contributed by atoms with Crippen LogP contribution in [0.1, 0.15) is 27.0 Å². The van der Waals surface area contributed by atoms with Gasteiger partial charge in [0, 0.05) is 18.2 Å². The van der Waals surface area contributed by atoms with Gasteiger partial charge in [-0.25, -0.2) is 0 Å². The molecule has 0 fully saturated rings. The predicted molar refractivity (Wildman–Crippen MR) is 147 cm³/mol. The van der Waals surface area contributed by atoms with E-state index in [0.29, 0.717) is 6.54 Å². The molecule has 2 heterocycles. The van der Waals surface area contributed by atoms with E-state index in [-0.39, 0.29) is 11.9 Å². The molecule has 35 heavy (non-hydrogen) atoms. The number of hydrogen-bond donors (Lipinski definition) is 0. The summed E-state index contributed by atoms with van der Waals surface area (Å²) < 4.78 is 0. The first-order chi connectivity index (χ1) is 17.3. The van der Waals surface area contributed by atoms with Gasteiger partial charge in [0.2, 0.25) is 0 Å². The Labute approximate surface area is 214 Å². The number of nitrogens with zero attached hydrogens (tertiary/aromatic N) is 1. The second-order valence-electron chi connectivity index (χ2n) is 9.03. The molecule has 0 spiro atoms. The van der Waals surface area contributed by atoms with Gasteiger partial charge in [-0.1, -0.05) is 60.7 Å². The molecule has 0 saturated heterocycles. The van der Waals surface area contributed by atoms with Crippen LogP contribution in [0.5, 0.6) is 0 Å². The van der Waals surface area contributed by atoms with Crippen molar-refractivity contribution in [1.82, 2.24) is 4.90 Å². The van der Waals surface area contributed by atoms with Crippen LogP contribution < -0.4 is 0 Å². The lowest BCUT2D eigenvalue weighted by Crippen LogP contribution is -2.40. The van der Waals surface area contributed by atoms with E-state index in [4.69, 9.17) is 0 Å². The van der Waals surface area contributed by atoms with Gasteiger partial charge in [-0.05, 0) is 97.6 Å². The number of thiophene rings is 2. The minimum absolute atomic E-state index is 0.102. The fourth-order valence-corrected chi connectivity index (χ4v) is 6.41. The summed E-state index contributed by atoms with van der Waals surface area (Å²) in [6.45, 7) is 0.591. The fourth-order valence-electron chi connectivity index (χ4n) is 5.09. The Morgan fingerprint density at radius 1 is 0.743 bits per heavy atom. The van der Waals surface area contributed by atoms with Crippen LogP contribution in [0.3, 0.4) is 0 Å². The van der Waals surface area contributed by atoms with Crippen molar-refractivity contribution in [3.05, 3.63) is 129 Å². The summed E-state index contributed by atoms with van der Waals surface area (Å²) in [6, 6.07) is 29.7. The number of carbonyl (C=O) groups excluding carboxylic acids is 1. The molecule has 0 unspecified atom stereocenters. The van der Waals surface area contributed by atoms with Crippen molar-refractivity contribution < 1.29 is 4.79 Å². The maximum absolute atomic E-state index is 14.2. The molecule has 0 saturated carbocycles. The largest absolute Gasteiger partial charge is 0.331 e. The highest BCUT2D eigenvalue weighted by molar-refractivity contribution is 7.08. The van der Waals surface area contributed by atoms with Crippen LogP contribution in [0.2, 0.25) is 0 Å². The minimum atomic E-state index is 0.102. The molecular formula is C31H25NOS2. The number of hydrogen-bond acceptors (Lipinski definition) is 3. The Morgan fingerprint density at radius 3 is 2.14 bits per heavy atom. The lowest BCUT2D eigenvalue weighted by molar-refractivity contribution is 0.0668. The maximum Gasteiger partial charge on any atom is 0.255 e. The molecule has 6 rings (SSSR count). The monoisotopic (exact) mass is 491 g/mol. The average molecular weight is 492 g/mol. The van der Waals surface area contributed by atoms with E-state index >= 15 is 0 Å². The number of carbonyl (C=O) groups is 1. The third-order valence-electron chi connectivity index (χ3n) is 6.86. The second-order valence-corrected chi connectivity index (χ2v) is 10.6. The van der Waals surface area contributed by atoms with Crippen LogP contribution in [0.25, 0.3) is 22.3 Å². The third-order valence-corrected chi connectivity index (χ3v) is 8.22. The molecule has 3 aromatic carbocycles. The summed E-state index contributed by atoms with van der Waals surface area (Å²) in [5.41, 5.74) is 9.18. The highest BCUT2D eigenvalue weighted by atomic mass is 32.1. The Hall–Kier alpha value is -3.47. The number of benzene rings is 3. The van der Waals surface area contributed by atoms with Crippen LogP contribution >= 0.6 is 22.7 Å². The molecular weight excluding hydrogens is 466 g/mol. The van der Waals surface area contributed by atoms with Gasteiger partial charge in [0.25, 0.3) is 5.91 Å². The van der Waals surface area contributed by atoms with Gasteiger partial charge >= 0.3 is 0 Å². The summed E-state index contributed by atoms with van der Waals surface area (Å²) in [6.07, 6.45) is 1.79. The lowest BCUT2D eigenvalue weighted by Gasteiger charge is -2.30. The molecule has 0 atom stereocenters. The molecule has 0 bridgehead atoms. The van der Waals surface area contributed by atoms with E-state index in [0.717, 1.165) is 35.1 Å². The normalized spacial score (nSPS) is 13.0. The number of amides is 1. The third kappa shape index (κ3) is 4.47. The molecule has 2 aromatic heterocycles. The Bertz CT molecular complexity index is 1430. The van der Waals surface area contributed by atoms with Crippen molar-refractivity contribution in [2.75, 3.05) is 0 Å². The number of fused-ring (bicyclic) bond motifs is 1. The van der Waals surface area contributed by atoms with Gasteiger partial charge in [0.15, 0.2) is 0 Å². The second kappa shape index (κ2) is 9.65. The van der Waals surface area contributed by atoms with Gasteiger partial charge in [0.05, 0.1) is 0 Å². The first-order valence-corrected chi connectivity index (χ1v) is 13.8. The zero-order valence-electron chi connectivity index (χ0n) is 19.3. The minimum Gasteiger partial charge on any atom is -0.331 e. The molecule has 4 heteroatoms. The SMILES string of the molecule is O=C(c1ccccc1-c1ccsc1)N(Cc1cccc(-c2ccsc2)c1)C1Cc2ccccc2C1. The molecule has 0 radical (unpaired) electrons. The zero-order chi connectivity index (χ0) is 23.6. The highest BCUT2D eigenvalue weighted by Crippen LogP contribution is 2.32. The van der Waals surface area contributed by atoms with Crippen LogP contribution in [0.15, 0.2) is 106 Å². The molecule has 0 aliphatic heterocycles. The van der Waals surface area contributed by atoms with E-state index in [1.54, 1.807) is 22.7 Å². The smallest absolute Gasteiger partial charge is 0.255 e. The van der Waals surface area contributed by atoms with Gasteiger partial charge in [-0.3, -0.25) is 4.79 Å². The molecule has 5 aromatic rings. The fraction of sp³-hybridized carbons (Fsp3) is 0.129. The molecule has 2 nitrogen and oxygen atoms in total. The first-order valence-electron chi connectivity index (χ1n) is 11.9. The molecule has 172 valence electrons. The van der Waals surface area contributed by atoms with Gasteiger partial charge < -0.3 is 4.90 Å². The highest BCUT2D eigenvalue weighted by Gasteiger charge is 2.31.